The lowest BCUT2D eigenvalue weighted by Crippen LogP contribution is -2.52. The molecule has 1 aliphatic heterocycles. The fourth-order valence-electron chi connectivity index (χ4n) is 2.67. The van der Waals surface area contributed by atoms with Gasteiger partial charge in [-0.15, -0.1) is 0 Å². The summed E-state index contributed by atoms with van der Waals surface area (Å²) in [5.41, 5.74) is 1.02. The minimum atomic E-state index is -3.48. The summed E-state index contributed by atoms with van der Waals surface area (Å²) in [4.78, 5) is 15.3. The SMILES string of the molecule is Cc1ccc(S(=O)(=O)NCCN2CCN(C(C)C(=O)O)CC2)cc1. The van der Waals surface area contributed by atoms with Crippen molar-refractivity contribution in [2.75, 3.05) is 39.3 Å². The molecule has 2 rings (SSSR count). The van der Waals surface area contributed by atoms with Gasteiger partial charge in [-0.05, 0) is 26.0 Å². The monoisotopic (exact) mass is 355 g/mol. The first-order valence-corrected chi connectivity index (χ1v) is 9.53. The lowest BCUT2D eigenvalue weighted by atomic mass is 10.2. The van der Waals surface area contributed by atoms with E-state index in [1.165, 1.54) is 0 Å². The zero-order valence-corrected chi connectivity index (χ0v) is 14.9. The number of benzene rings is 1. The van der Waals surface area contributed by atoms with Crippen molar-refractivity contribution in [1.82, 2.24) is 14.5 Å². The normalized spacial score (nSPS) is 18.4. The van der Waals surface area contributed by atoms with Crippen LogP contribution in [0.4, 0.5) is 0 Å². The first-order chi connectivity index (χ1) is 11.3. The van der Waals surface area contributed by atoms with Crippen molar-refractivity contribution in [3.8, 4) is 0 Å². The van der Waals surface area contributed by atoms with Crippen LogP contribution in [0.3, 0.4) is 0 Å². The number of aryl methyl sites for hydroxylation is 1. The number of nitrogens with one attached hydrogen (secondary N) is 1. The summed E-state index contributed by atoms with van der Waals surface area (Å²) in [6, 6.07) is 6.27. The molecule has 2 N–H and O–H groups in total. The number of hydrogen-bond donors (Lipinski definition) is 2. The Bertz CT molecular complexity index is 652. The molecule has 0 amide bonds. The van der Waals surface area contributed by atoms with Crippen LogP contribution in [0, 0.1) is 6.92 Å². The third-order valence-electron chi connectivity index (χ3n) is 4.36. The van der Waals surface area contributed by atoms with Gasteiger partial charge in [-0.3, -0.25) is 14.6 Å². The van der Waals surface area contributed by atoms with Crippen molar-refractivity contribution in [2.24, 2.45) is 0 Å². The Morgan fingerprint density at radius 3 is 2.33 bits per heavy atom. The third kappa shape index (κ3) is 5.01. The van der Waals surface area contributed by atoms with E-state index < -0.39 is 22.0 Å². The Morgan fingerprint density at radius 2 is 1.79 bits per heavy atom. The Hall–Kier alpha value is -1.48. The average Bonchev–Trinajstić information content (AvgIpc) is 2.55. The van der Waals surface area contributed by atoms with Crippen LogP contribution >= 0.6 is 0 Å². The number of carboxylic acid groups (broad SMARTS) is 1. The van der Waals surface area contributed by atoms with E-state index >= 15 is 0 Å². The molecule has 1 aromatic rings. The molecular formula is C16H25N3O4S. The highest BCUT2D eigenvalue weighted by atomic mass is 32.2. The second-order valence-corrected chi connectivity index (χ2v) is 7.87. The number of carbonyl (C=O) groups is 1. The highest BCUT2D eigenvalue weighted by Gasteiger charge is 2.25. The van der Waals surface area contributed by atoms with Crippen molar-refractivity contribution in [3.63, 3.8) is 0 Å². The van der Waals surface area contributed by atoms with Crippen LogP contribution in [0.1, 0.15) is 12.5 Å². The van der Waals surface area contributed by atoms with Gasteiger partial charge in [-0.25, -0.2) is 13.1 Å². The molecule has 1 fully saturated rings. The molecule has 8 heteroatoms. The fraction of sp³-hybridized carbons (Fsp3) is 0.562. The highest BCUT2D eigenvalue weighted by Crippen LogP contribution is 2.10. The summed E-state index contributed by atoms with van der Waals surface area (Å²) < 4.78 is 27.0. The van der Waals surface area contributed by atoms with Crippen LogP contribution in [0.2, 0.25) is 0 Å². The van der Waals surface area contributed by atoms with Gasteiger partial charge < -0.3 is 5.11 Å². The van der Waals surface area contributed by atoms with E-state index in [0.29, 0.717) is 26.2 Å². The highest BCUT2D eigenvalue weighted by molar-refractivity contribution is 7.89. The molecule has 0 bridgehead atoms. The molecule has 1 aliphatic rings. The molecular weight excluding hydrogens is 330 g/mol. The van der Waals surface area contributed by atoms with Gasteiger partial charge in [-0.2, -0.15) is 0 Å². The van der Waals surface area contributed by atoms with Crippen molar-refractivity contribution in [1.29, 1.82) is 0 Å². The Kier molecular flexibility index (Phi) is 6.34. The smallest absolute Gasteiger partial charge is 0.320 e. The Labute approximate surface area is 143 Å². The van der Waals surface area contributed by atoms with E-state index in [1.54, 1.807) is 31.2 Å². The van der Waals surface area contributed by atoms with Crippen molar-refractivity contribution in [3.05, 3.63) is 29.8 Å². The first kappa shape index (κ1) is 18.9. The maximum atomic E-state index is 12.2. The molecule has 0 aromatic heterocycles. The van der Waals surface area contributed by atoms with Gasteiger partial charge in [-0.1, -0.05) is 17.7 Å². The van der Waals surface area contributed by atoms with Crippen molar-refractivity contribution in [2.45, 2.75) is 24.8 Å². The molecule has 0 spiro atoms. The molecule has 0 saturated carbocycles. The Balaban J connectivity index is 1.77. The lowest BCUT2D eigenvalue weighted by Gasteiger charge is -2.36. The molecule has 0 aliphatic carbocycles. The molecule has 1 heterocycles. The number of piperazine rings is 1. The van der Waals surface area contributed by atoms with Gasteiger partial charge in [0.05, 0.1) is 4.90 Å². The van der Waals surface area contributed by atoms with Gasteiger partial charge in [0.1, 0.15) is 6.04 Å². The maximum absolute atomic E-state index is 12.2. The van der Waals surface area contributed by atoms with Gasteiger partial charge in [0, 0.05) is 39.3 Å². The molecule has 0 radical (unpaired) electrons. The summed E-state index contributed by atoms with van der Waals surface area (Å²) in [6.45, 7) is 7.39. The van der Waals surface area contributed by atoms with Crippen LogP contribution in [0.5, 0.6) is 0 Å². The number of aliphatic carboxylic acids is 1. The summed E-state index contributed by atoms with van der Waals surface area (Å²) in [6.07, 6.45) is 0. The van der Waals surface area contributed by atoms with E-state index in [1.807, 2.05) is 11.8 Å². The maximum Gasteiger partial charge on any atom is 0.320 e. The third-order valence-corrected chi connectivity index (χ3v) is 5.84. The second kappa shape index (κ2) is 8.06. The quantitative estimate of drug-likeness (QED) is 0.734. The molecule has 1 aromatic carbocycles. The van der Waals surface area contributed by atoms with Gasteiger partial charge in [0.15, 0.2) is 0 Å². The molecule has 1 atom stereocenters. The Morgan fingerprint density at radius 1 is 1.21 bits per heavy atom. The molecule has 1 unspecified atom stereocenters. The standard InChI is InChI=1S/C16H25N3O4S/c1-13-3-5-15(6-4-13)24(22,23)17-7-8-18-9-11-19(12-10-18)14(2)16(20)21/h3-6,14,17H,7-12H2,1-2H3,(H,20,21). The number of carboxylic acids is 1. The van der Waals surface area contributed by atoms with Crippen LogP contribution in [-0.2, 0) is 14.8 Å². The summed E-state index contributed by atoms with van der Waals surface area (Å²) in [5, 5.41) is 9.02. The van der Waals surface area contributed by atoms with Crippen molar-refractivity contribution >= 4 is 16.0 Å². The summed E-state index contributed by atoms with van der Waals surface area (Å²) in [7, 11) is -3.48. The fourth-order valence-corrected chi connectivity index (χ4v) is 3.69. The number of rotatable bonds is 7. The number of sulfonamides is 1. The summed E-state index contributed by atoms with van der Waals surface area (Å²) in [5.74, 6) is -0.811. The number of nitrogens with zero attached hydrogens (tertiary/aromatic N) is 2. The van der Waals surface area contributed by atoms with Gasteiger partial charge in [0.2, 0.25) is 10.0 Å². The van der Waals surface area contributed by atoms with Crippen LogP contribution < -0.4 is 4.72 Å². The van der Waals surface area contributed by atoms with E-state index in [9.17, 15) is 13.2 Å². The van der Waals surface area contributed by atoms with E-state index in [2.05, 4.69) is 9.62 Å². The minimum Gasteiger partial charge on any atom is -0.480 e. The zero-order valence-electron chi connectivity index (χ0n) is 14.1. The van der Waals surface area contributed by atoms with Crippen LogP contribution in [-0.4, -0.2) is 74.6 Å². The second-order valence-electron chi connectivity index (χ2n) is 6.10. The first-order valence-electron chi connectivity index (χ1n) is 8.05. The van der Waals surface area contributed by atoms with Crippen LogP contribution in [0.15, 0.2) is 29.2 Å². The molecule has 24 heavy (non-hydrogen) atoms. The molecule has 7 nitrogen and oxygen atoms in total. The van der Waals surface area contributed by atoms with Gasteiger partial charge in [0.25, 0.3) is 0 Å². The van der Waals surface area contributed by atoms with Gasteiger partial charge >= 0.3 is 5.97 Å². The predicted molar refractivity (Wildman–Crippen MR) is 91.5 cm³/mol. The number of hydrogen-bond acceptors (Lipinski definition) is 5. The minimum absolute atomic E-state index is 0.271. The average molecular weight is 355 g/mol. The molecule has 134 valence electrons. The van der Waals surface area contributed by atoms with E-state index in [4.69, 9.17) is 5.11 Å². The zero-order chi connectivity index (χ0) is 17.7. The predicted octanol–water partition coefficient (Wildman–Crippen LogP) is 0.364. The van der Waals surface area contributed by atoms with Crippen molar-refractivity contribution < 1.29 is 18.3 Å². The largest absolute Gasteiger partial charge is 0.480 e. The van der Waals surface area contributed by atoms with E-state index in [-0.39, 0.29) is 4.90 Å². The summed E-state index contributed by atoms with van der Waals surface area (Å²) >= 11 is 0. The molecule has 1 saturated heterocycles. The van der Waals surface area contributed by atoms with Crippen LogP contribution in [0.25, 0.3) is 0 Å². The topological polar surface area (TPSA) is 90.0 Å². The lowest BCUT2D eigenvalue weighted by molar-refractivity contribution is -0.143. The van der Waals surface area contributed by atoms with E-state index in [0.717, 1.165) is 18.7 Å².